The van der Waals surface area contributed by atoms with Crippen LogP contribution in [0, 0.1) is 0 Å². The quantitative estimate of drug-likeness (QED) is 0.837. The number of carbonyl (C=O) groups is 1. The standard InChI is InChI=1S/C16H20ClN5O3S/c1-11(2)15-18-14(19-22(15)13-6-4-3-5-12(13)17)16(23)20-21-7-9-26(24,25)10-8-21/h3-6,11H,7-10H2,1-2H3,(H,20,23). The zero-order chi connectivity index (χ0) is 18.9. The molecule has 1 aromatic carbocycles. The van der Waals surface area contributed by atoms with E-state index < -0.39 is 15.7 Å². The summed E-state index contributed by atoms with van der Waals surface area (Å²) in [5, 5.41) is 6.41. The molecule has 8 nitrogen and oxygen atoms in total. The lowest BCUT2D eigenvalue weighted by Crippen LogP contribution is -2.50. The van der Waals surface area contributed by atoms with Gasteiger partial charge in [-0.2, -0.15) is 0 Å². The summed E-state index contributed by atoms with van der Waals surface area (Å²) in [7, 11) is -3.01. The van der Waals surface area contributed by atoms with Gasteiger partial charge < -0.3 is 0 Å². The van der Waals surface area contributed by atoms with Gasteiger partial charge in [-0.15, -0.1) is 5.10 Å². The van der Waals surface area contributed by atoms with Gasteiger partial charge in [0.15, 0.2) is 9.84 Å². The predicted octanol–water partition coefficient (Wildman–Crippen LogP) is 1.42. The second-order valence-corrected chi connectivity index (χ2v) is 9.10. The SMILES string of the molecule is CC(C)c1nc(C(=O)NN2CCS(=O)(=O)CC2)nn1-c1ccccc1Cl. The van der Waals surface area contributed by atoms with Gasteiger partial charge in [-0.1, -0.05) is 37.6 Å². The number of para-hydroxylation sites is 1. The lowest BCUT2D eigenvalue weighted by atomic mass is 10.2. The summed E-state index contributed by atoms with van der Waals surface area (Å²) in [6.45, 7) is 4.40. The molecule has 1 amide bonds. The number of hydrazine groups is 1. The number of halogens is 1. The van der Waals surface area contributed by atoms with Crippen LogP contribution >= 0.6 is 11.6 Å². The molecule has 1 N–H and O–H groups in total. The van der Waals surface area contributed by atoms with Crippen LogP contribution in [0.3, 0.4) is 0 Å². The van der Waals surface area contributed by atoms with Crippen LogP contribution in [0.2, 0.25) is 5.02 Å². The maximum atomic E-state index is 12.5. The Hall–Kier alpha value is -1.97. The van der Waals surface area contributed by atoms with Gasteiger partial charge in [0, 0.05) is 19.0 Å². The van der Waals surface area contributed by atoms with Crippen molar-refractivity contribution in [1.29, 1.82) is 0 Å². The highest BCUT2D eigenvalue weighted by atomic mass is 35.5. The summed E-state index contributed by atoms with van der Waals surface area (Å²) in [5.41, 5.74) is 3.32. The molecule has 1 saturated heterocycles. The molecule has 0 unspecified atom stereocenters. The Morgan fingerprint density at radius 2 is 1.88 bits per heavy atom. The number of hydrogen-bond acceptors (Lipinski definition) is 6. The molecule has 1 aromatic heterocycles. The van der Waals surface area contributed by atoms with Gasteiger partial charge in [-0.25, -0.2) is 23.1 Å². The summed E-state index contributed by atoms with van der Waals surface area (Å²) in [5.74, 6) is 0.224. The normalized spacial score (nSPS) is 17.4. The molecule has 0 radical (unpaired) electrons. The molecule has 140 valence electrons. The maximum Gasteiger partial charge on any atom is 0.305 e. The Morgan fingerprint density at radius 3 is 2.50 bits per heavy atom. The van der Waals surface area contributed by atoms with Gasteiger partial charge in [0.05, 0.1) is 22.2 Å². The van der Waals surface area contributed by atoms with E-state index in [4.69, 9.17) is 11.6 Å². The minimum absolute atomic E-state index is 0.0158. The smallest absolute Gasteiger partial charge is 0.282 e. The number of sulfone groups is 1. The van der Waals surface area contributed by atoms with E-state index in [1.807, 2.05) is 26.0 Å². The summed E-state index contributed by atoms with van der Waals surface area (Å²) in [6.07, 6.45) is 0. The third-order valence-electron chi connectivity index (χ3n) is 4.04. The number of nitrogens with zero attached hydrogens (tertiary/aromatic N) is 4. The molecule has 2 aromatic rings. The Morgan fingerprint density at radius 1 is 1.23 bits per heavy atom. The Balaban J connectivity index is 1.84. The van der Waals surface area contributed by atoms with E-state index in [9.17, 15) is 13.2 Å². The van der Waals surface area contributed by atoms with E-state index in [1.165, 1.54) is 0 Å². The molecule has 2 heterocycles. The van der Waals surface area contributed by atoms with Crippen LogP contribution in [0.5, 0.6) is 0 Å². The van der Waals surface area contributed by atoms with Gasteiger partial charge in [-0.05, 0) is 12.1 Å². The predicted molar refractivity (Wildman–Crippen MR) is 98.2 cm³/mol. The van der Waals surface area contributed by atoms with Crippen LogP contribution in [0.4, 0.5) is 0 Å². The van der Waals surface area contributed by atoms with Crippen molar-refractivity contribution in [3.8, 4) is 5.69 Å². The molecule has 1 aliphatic heterocycles. The van der Waals surface area contributed by atoms with Gasteiger partial charge in [0.25, 0.3) is 0 Å². The molecule has 10 heteroatoms. The lowest BCUT2D eigenvalue weighted by Gasteiger charge is -2.26. The summed E-state index contributed by atoms with van der Waals surface area (Å²) in [4.78, 5) is 16.9. The van der Waals surface area contributed by atoms with Crippen molar-refractivity contribution in [1.82, 2.24) is 25.2 Å². The van der Waals surface area contributed by atoms with E-state index in [0.29, 0.717) is 16.5 Å². The number of carbonyl (C=O) groups excluding carboxylic acids is 1. The molecule has 1 aliphatic rings. The van der Waals surface area contributed by atoms with Crippen molar-refractivity contribution in [2.45, 2.75) is 19.8 Å². The van der Waals surface area contributed by atoms with E-state index >= 15 is 0 Å². The van der Waals surface area contributed by atoms with Gasteiger partial charge >= 0.3 is 5.91 Å². The highest BCUT2D eigenvalue weighted by molar-refractivity contribution is 7.91. The van der Waals surface area contributed by atoms with Crippen LogP contribution < -0.4 is 5.43 Å². The van der Waals surface area contributed by atoms with Crippen molar-refractivity contribution in [2.24, 2.45) is 0 Å². The molecular weight excluding hydrogens is 378 g/mol. The molecule has 0 saturated carbocycles. The topological polar surface area (TPSA) is 97.2 Å². The minimum Gasteiger partial charge on any atom is -0.282 e. The van der Waals surface area contributed by atoms with Crippen molar-refractivity contribution in [2.75, 3.05) is 24.6 Å². The number of rotatable bonds is 4. The van der Waals surface area contributed by atoms with E-state index in [2.05, 4.69) is 15.5 Å². The fraction of sp³-hybridized carbons (Fsp3) is 0.438. The first-order chi connectivity index (χ1) is 12.3. The summed E-state index contributed by atoms with van der Waals surface area (Å²) in [6, 6.07) is 7.20. The van der Waals surface area contributed by atoms with Crippen LogP contribution in [0.25, 0.3) is 5.69 Å². The van der Waals surface area contributed by atoms with E-state index in [-0.39, 0.29) is 36.3 Å². The third kappa shape index (κ3) is 4.05. The van der Waals surface area contributed by atoms with Crippen molar-refractivity contribution in [3.63, 3.8) is 0 Å². The Bertz CT molecular complexity index is 912. The zero-order valence-electron chi connectivity index (χ0n) is 14.5. The first-order valence-corrected chi connectivity index (χ1v) is 10.4. The molecule has 0 spiro atoms. The zero-order valence-corrected chi connectivity index (χ0v) is 16.1. The molecule has 26 heavy (non-hydrogen) atoms. The maximum absolute atomic E-state index is 12.5. The van der Waals surface area contributed by atoms with Gasteiger partial charge in [0.1, 0.15) is 5.82 Å². The highest BCUT2D eigenvalue weighted by Gasteiger charge is 2.25. The molecule has 0 bridgehead atoms. The van der Waals surface area contributed by atoms with Crippen LogP contribution in [0.15, 0.2) is 24.3 Å². The molecule has 0 aliphatic carbocycles. The fourth-order valence-corrected chi connectivity index (χ4v) is 4.03. The summed E-state index contributed by atoms with van der Waals surface area (Å²) >= 11 is 6.25. The first kappa shape index (κ1) is 18.8. The highest BCUT2D eigenvalue weighted by Crippen LogP contribution is 2.23. The average molecular weight is 398 g/mol. The molecule has 3 rings (SSSR count). The second-order valence-electron chi connectivity index (χ2n) is 6.39. The monoisotopic (exact) mass is 397 g/mol. The lowest BCUT2D eigenvalue weighted by molar-refractivity contribution is 0.0791. The van der Waals surface area contributed by atoms with Crippen LogP contribution in [-0.2, 0) is 9.84 Å². The third-order valence-corrected chi connectivity index (χ3v) is 5.97. The number of benzene rings is 1. The number of aromatic nitrogens is 3. The summed E-state index contributed by atoms with van der Waals surface area (Å²) < 4.78 is 24.5. The van der Waals surface area contributed by atoms with E-state index in [0.717, 1.165) is 0 Å². The van der Waals surface area contributed by atoms with Crippen molar-refractivity contribution < 1.29 is 13.2 Å². The second kappa shape index (κ2) is 7.34. The number of amides is 1. The van der Waals surface area contributed by atoms with E-state index in [1.54, 1.807) is 21.8 Å². The Labute approximate surface area is 157 Å². The number of hydrogen-bond donors (Lipinski definition) is 1. The largest absolute Gasteiger partial charge is 0.305 e. The van der Waals surface area contributed by atoms with Gasteiger partial charge in [0.2, 0.25) is 5.82 Å². The first-order valence-electron chi connectivity index (χ1n) is 8.25. The molecule has 1 fully saturated rings. The van der Waals surface area contributed by atoms with Crippen LogP contribution in [0.1, 0.15) is 36.2 Å². The van der Waals surface area contributed by atoms with Crippen molar-refractivity contribution >= 4 is 27.3 Å². The van der Waals surface area contributed by atoms with Crippen LogP contribution in [-0.4, -0.2) is 58.7 Å². The van der Waals surface area contributed by atoms with Gasteiger partial charge in [-0.3, -0.25) is 10.2 Å². The number of nitrogens with one attached hydrogen (secondary N) is 1. The Kier molecular flexibility index (Phi) is 5.31. The minimum atomic E-state index is -3.01. The molecular formula is C16H20ClN5O3S. The average Bonchev–Trinajstić information content (AvgIpc) is 3.03. The van der Waals surface area contributed by atoms with Crippen molar-refractivity contribution in [3.05, 3.63) is 40.9 Å². The molecule has 0 atom stereocenters. The fourth-order valence-electron chi connectivity index (χ4n) is 2.61.